The molecule has 3 aromatic heterocycles. The molecule has 6 rings (SSSR count). The average molecular weight is 513 g/mol. The molecule has 0 radical (unpaired) electrons. The number of aromatic nitrogens is 2. The summed E-state index contributed by atoms with van der Waals surface area (Å²) in [6, 6.07) is 20.1. The van der Waals surface area contributed by atoms with E-state index in [0.717, 1.165) is 51.0 Å². The molecule has 0 unspecified atom stereocenters. The first-order valence-corrected chi connectivity index (χ1v) is 14.1. The van der Waals surface area contributed by atoms with Gasteiger partial charge in [0.05, 0.1) is 28.6 Å². The van der Waals surface area contributed by atoms with Crippen molar-refractivity contribution < 1.29 is 14.3 Å². The Hall–Kier alpha value is -3.51. The van der Waals surface area contributed by atoms with Crippen LogP contribution in [0.1, 0.15) is 54.6 Å². The molecule has 2 aromatic carbocycles. The number of carbonyl (C=O) groups is 1. The molecule has 5 aromatic rings. The zero-order valence-electron chi connectivity index (χ0n) is 21.2. The second-order valence-corrected chi connectivity index (χ2v) is 10.8. The molecule has 0 atom stereocenters. The number of rotatable bonds is 8. The number of hydrogen-bond acceptors (Lipinski definition) is 4. The van der Waals surface area contributed by atoms with Crippen molar-refractivity contribution in [1.82, 2.24) is 9.13 Å². The Bertz CT molecular complexity index is 1520. The number of fused-ring (bicyclic) bond motifs is 2. The molecule has 0 N–H and O–H groups in total. The highest BCUT2D eigenvalue weighted by molar-refractivity contribution is 7.17. The van der Waals surface area contributed by atoms with Crippen molar-refractivity contribution >= 4 is 38.2 Å². The summed E-state index contributed by atoms with van der Waals surface area (Å²) >= 11 is 1.66. The first-order valence-electron chi connectivity index (χ1n) is 13.2. The number of carbonyl (C=O) groups excluding carboxylic acids is 1. The van der Waals surface area contributed by atoms with Gasteiger partial charge in [-0.05, 0) is 73.5 Å². The molecule has 0 spiro atoms. The minimum Gasteiger partial charge on any atom is -0.492 e. The topological polar surface area (TPSA) is 45.4 Å². The largest absolute Gasteiger partial charge is 0.492 e. The van der Waals surface area contributed by atoms with E-state index in [1.807, 2.05) is 66.3 Å². The Labute approximate surface area is 221 Å². The van der Waals surface area contributed by atoms with Crippen LogP contribution in [0.4, 0.5) is 0 Å². The molecule has 0 bridgehead atoms. The SMILES string of the molecule is Cn1c(C(=O)c2cn(CCOc3ccc(OC4CCCCCC4)cc3)c3ccccc23)cc2sccc21. The van der Waals surface area contributed by atoms with E-state index in [0.29, 0.717) is 24.9 Å². The molecule has 3 heterocycles. The van der Waals surface area contributed by atoms with Crippen LogP contribution in [0, 0.1) is 0 Å². The number of para-hydroxylation sites is 1. The third kappa shape index (κ3) is 4.90. The summed E-state index contributed by atoms with van der Waals surface area (Å²) in [6.45, 7) is 1.16. The van der Waals surface area contributed by atoms with E-state index in [1.165, 1.54) is 25.7 Å². The van der Waals surface area contributed by atoms with Gasteiger partial charge < -0.3 is 18.6 Å². The van der Waals surface area contributed by atoms with Crippen LogP contribution in [0.5, 0.6) is 11.5 Å². The summed E-state index contributed by atoms with van der Waals surface area (Å²) < 4.78 is 17.5. The molecule has 5 nitrogen and oxygen atoms in total. The maximum absolute atomic E-state index is 13.6. The molecular weight excluding hydrogens is 480 g/mol. The van der Waals surface area contributed by atoms with Crippen molar-refractivity contribution in [3.63, 3.8) is 0 Å². The van der Waals surface area contributed by atoms with E-state index in [1.54, 1.807) is 11.3 Å². The summed E-state index contributed by atoms with van der Waals surface area (Å²) in [5.41, 5.74) is 3.57. The van der Waals surface area contributed by atoms with Crippen LogP contribution in [0.15, 0.2) is 72.2 Å². The Morgan fingerprint density at radius 1 is 0.946 bits per heavy atom. The van der Waals surface area contributed by atoms with Gasteiger partial charge in [0.15, 0.2) is 0 Å². The number of ketones is 1. The predicted octanol–water partition coefficient (Wildman–Crippen LogP) is 7.61. The molecule has 1 fully saturated rings. The number of thiophene rings is 1. The monoisotopic (exact) mass is 512 g/mol. The fourth-order valence-corrected chi connectivity index (χ4v) is 6.30. The lowest BCUT2D eigenvalue weighted by Gasteiger charge is -2.17. The van der Waals surface area contributed by atoms with Crippen molar-refractivity contribution in [3.05, 3.63) is 83.5 Å². The summed E-state index contributed by atoms with van der Waals surface area (Å²) in [6.07, 6.45) is 9.77. The van der Waals surface area contributed by atoms with Gasteiger partial charge in [0.25, 0.3) is 0 Å². The van der Waals surface area contributed by atoms with E-state index in [9.17, 15) is 4.79 Å². The van der Waals surface area contributed by atoms with Crippen LogP contribution < -0.4 is 9.47 Å². The van der Waals surface area contributed by atoms with Crippen molar-refractivity contribution in [3.8, 4) is 11.5 Å². The van der Waals surface area contributed by atoms with Crippen LogP contribution in [-0.4, -0.2) is 27.6 Å². The van der Waals surface area contributed by atoms with Gasteiger partial charge in [-0.1, -0.05) is 31.0 Å². The van der Waals surface area contributed by atoms with Crippen molar-refractivity contribution in [2.75, 3.05) is 6.61 Å². The molecule has 6 heteroatoms. The molecule has 37 heavy (non-hydrogen) atoms. The van der Waals surface area contributed by atoms with Crippen molar-refractivity contribution in [1.29, 1.82) is 0 Å². The predicted molar refractivity (Wildman–Crippen MR) is 150 cm³/mol. The number of aryl methyl sites for hydroxylation is 1. The molecule has 0 aliphatic heterocycles. The third-order valence-corrected chi connectivity index (χ3v) is 8.31. The van der Waals surface area contributed by atoms with Crippen LogP contribution in [0.25, 0.3) is 21.1 Å². The number of ether oxygens (including phenoxy) is 2. The van der Waals surface area contributed by atoms with Gasteiger partial charge in [-0.15, -0.1) is 11.3 Å². The highest BCUT2D eigenvalue weighted by Crippen LogP contribution is 2.29. The van der Waals surface area contributed by atoms with Crippen molar-refractivity contribution in [2.24, 2.45) is 7.05 Å². The van der Waals surface area contributed by atoms with Gasteiger partial charge in [-0.25, -0.2) is 0 Å². The van der Waals surface area contributed by atoms with E-state index in [2.05, 4.69) is 22.1 Å². The average Bonchev–Trinajstić information content (AvgIpc) is 3.55. The van der Waals surface area contributed by atoms with E-state index >= 15 is 0 Å². The number of hydrogen-bond donors (Lipinski definition) is 0. The summed E-state index contributed by atoms with van der Waals surface area (Å²) in [4.78, 5) is 13.6. The second-order valence-electron chi connectivity index (χ2n) is 9.89. The molecule has 1 aliphatic carbocycles. The van der Waals surface area contributed by atoms with Crippen molar-refractivity contribution in [2.45, 2.75) is 51.2 Å². The van der Waals surface area contributed by atoms with E-state index in [-0.39, 0.29) is 5.78 Å². The van der Waals surface area contributed by atoms with Crippen LogP contribution >= 0.6 is 11.3 Å². The lowest BCUT2D eigenvalue weighted by Crippen LogP contribution is -2.15. The maximum atomic E-state index is 13.6. The molecule has 0 saturated heterocycles. The van der Waals surface area contributed by atoms with Gasteiger partial charge in [0.2, 0.25) is 5.78 Å². The molecule has 0 amide bonds. The molecule has 190 valence electrons. The summed E-state index contributed by atoms with van der Waals surface area (Å²) in [7, 11) is 1.96. The zero-order valence-corrected chi connectivity index (χ0v) is 22.0. The van der Waals surface area contributed by atoms with E-state index in [4.69, 9.17) is 9.47 Å². The minimum absolute atomic E-state index is 0.0472. The first-order chi connectivity index (χ1) is 18.2. The maximum Gasteiger partial charge on any atom is 0.211 e. The normalized spacial score (nSPS) is 14.7. The van der Waals surface area contributed by atoms with Crippen LogP contribution in [-0.2, 0) is 13.6 Å². The van der Waals surface area contributed by atoms with Crippen LogP contribution in [0.3, 0.4) is 0 Å². The van der Waals surface area contributed by atoms with Gasteiger partial charge >= 0.3 is 0 Å². The van der Waals surface area contributed by atoms with Gasteiger partial charge in [0, 0.05) is 29.7 Å². The Morgan fingerprint density at radius 2 is 1.70 bits per heavy atom. The number of benzene rings is 2. The highest BCUT2D eigenvalue weighted by Gasteiger charge is 2.21. The van der Waals surface area contributed by atoms with E-state index < -0.39 is 0 Å². The first kappa shape index (κ1) is 23.9. The Kier molecular flexibility index (Phi) is 6.75. The summed E-state index contributed by atoms with van der Waals surface area (Å²) in [5.74, 6) is 1.79. The smallest absolute Gasteiger partial charge is 0.211 e. The number of nitrogens with zero attached hydrogens (tertiary/aromatic N) is 2. The van der Waals surface area contributed by atoms with Gasteiger partial charge in [0.1, 0.15) is 18.1 Å². The lowest BCUT2D eigenvalue weighted by atomic mass is 10.1. The Balaban J connectivity index is 1.14. The molecule has 1 aliphatic rings. The fourth-order valence-electron chi connectivity index (χ4n) is 5.45. The summed E-state index contributed by atoms with van der Waals surface area (Å²) in [5, 5.41) is 3.03. The van der Waals surface area contributed by atoms with Crippen LogP contribution in [0.2, 0.25) is 0 Å². The third-order valence-electron chi connectivity index (χ3n) is 7.46. The minimum atomic E-state index is 0.0472. The molecule has 1 saturated carbocycles. The molecular formula is C31H32N2O3S. The zero-order chi connectivity index (χ0) is 25.2. The second kappa shape index (κ2) is 10.5. The fraction of sp³-hybridized carbons (Fsp3) is 0.323. The lowest BCUT2D eigenvalue weighted by molar-refractivity contribution is 0.103. The highest BCUT2D eigenvalue weighted by atomic mass is 32.1. The Morgan fingerprint density at radius 3 is 2.49 bits per heavy atom. The van der Waals surface area contributed by atoms with Gasteiger partial charge in [-0.3, -0.25) is 4.79 Å². The quantitative estimate of drug-likeness (QED) is 0.159. The van der Waals surface area contributed by atoms with Gasteiger partial charge in [-0.2, -0.15) is 0 Å². The standard InChI is InChI=1S/C31H32N2O3S/c1-32-28-16-19-37-30(28)20-29(32)31(34)26-21-33(27-11-7-6-10-25(26)27)17-18-35-22-12-14-24(15-13-22)36-23-8-4-2-3-5-9-23/h6-7,10-16,19-21,23H,2-5,8-9,17-18H2,1H3.